The van der Waals surface area contributed by atoms with Crippen molar-refractivity contribution in [2.75, 3.05) is 5.32 Å². The third-order valence-corrected chi connectivity index (χ3v) is 5.21. The molecule has 0 aliphatic rings. The highest BCUT2D eigenvalue weighted by Crippen LogP contribution is 2.28. The molecule has 0 bridgehead atoms. The predicted octanol–water partition coefficient (Wildman–Crippen LogP) is 5.68. The van der Waals surface area contributed by atoms with Crippen molar-refractivity contribution < 1.29 is 9.53 Å². The van der Waals surface area contributed by atoms with Gasteiger partial charge in [0.25, 0.3) is 5.91 Å². The number of anilines is 1. The van der Waals surface area contributed by atoms with E-state index in [2.05, 4.69) is 20.4 Å². The number of ether oxygens (including phenoxy) is 1. The normalized spacial score (nSPS) is 10.6. The van der Waals surface area contributed by atoms with E-state index in [1.807, 2.05) is 79.7 Å². The number of hydrogen-bond acceptors (Lipinski definition) is 5. The van der Waals surface area contributed by atoms with Gasteiger partial charge in [0.05, 0.1) is 17.4 Å². The van der Waals surface area contributed by atoms with Crippen molar-refractivity contribution in [1.82, 2.24) is 19.7 Å². The molecule has 0 saturated carbocycles. The van der Waals surface area contributed by atoms with Crippen LogP contribution in [0.3, 0.4) is 0 Å². The zero-order valence-corrected chi connectivity index (χ0v) is 18.4. The van der Waals surface area contributed by atoms with E-state index in [0.29, 0.717) is 28.4 Å². The summed E-state index contributed by atoms with van der Waals surface area (Å²) in [5, 5.41) is 7.67. The van der Waals surface area contributed by atoms with E-state index in [9.17, 15) is 4.79 Å². The standard InChI is InChI=1S/C27H21N5O2/c1-19-15-21(11-12-25(19)34-23-10-6-14-29-17-23)30-27(33)24-18-32(22-8-3-2-4-9-22)31-26(24)20-7-5-13-28-16-20/h2-18H,1H3,(H,30,33). The highest BCUT2D eigenvalue weighted by molar-refractivity contribution is 6.08. The molecule has 3 aromatic heterocycles. The molecule has 0 aliphatic carbocycles. The average Bonchev–Trinajstić information content (AvgIpc) is 3.33. The van der Waals surface area contributed by atoms with Crippen LogP contribution in [0, 0.1) is 6.92 Å². The first-order chi connectivity index (χ1) is 16.7. The van der Waals surface area contributed by atoms with E-state index in [-0.39, 0.29) is 5.91 Å². The van der Waals surface area contributed by atoms with E-state index >= 15 is 0 Å². The lowest BCUT2D eigenvalue weighted by Gasteiger charge is -2.11. The van der Waals surface area contributed by atoms with Crippen LogP contribution < -0.4 is 10.1 Å². The van der Waals surface area contributed by atoms with Crippen LogP contribution in [0.25, 0.3) is 16.9 Å². The van der Waals surface area contributed by atoms with Crippen molar-refractivity contribution in [3.8, 4) is 28.4 Å². The molecule has 3 heterocycles. The molecule has 0 radical (unpaired) electrons. The minimum absolute atomic E-state index is 0.263. The van der Waals surface area contributed by atoms with E-state index in [0.717, 1.165) is 16.8 Å². The van der Waals surface area contributed by atoms with Gasteiger partial charge in [-0.25, -0.2) is 4.68 Å². The molecule has 0 unspecified atom stereocenters. The lowest BCUT2D eigenvalue weighted by Crippen LogP contribution is -2.12. The van der Waals surface area contributed by atoms with Crippen LogP contribution >= 0.6 is 0 Å². The Kier molecular flexibility index (Phi) is 5.82. The highest BCUT2D eigenvalue weighted by atomic mass is 16.5. The Morgan fingerprint density at radius 1 is 0.912 bits per heavy atom. The molecule has 0 saturated heterocycles. The summed E-state index contributed by atoms with van der Waals surface area (Å²) in [6, 6.07) is 22.5. The number of para-hydroxylation sites is 1. The van der Waals surface area contributed by atoms with Crippen molar-refractivity contribution in [1.29, 1.82) is 0 Å². The Morgan fingerprint density at radius 2 is 1.71 bits per heavy atom. The fourth-order valence-electron chi connectivity index (χ4n) is 3.54. The third kappa shape index (κ3) is 4.54. The summed E-state index contributed by atoms with van der Waals surface area (Å²) in [5.41, 5.74) is 4.17. The second-order valence-corrected chi connectivity index (χ2v) is 7.64. The first kappa shape index (κ1) is 21.1. The largest absolute Gasteiger partial charge is 0.455 e. The fraction of sp³-hybridized carbons (Fsp3) is 0.0370. The number of aromatic nitrogens is 4. The van der Waals surface area contributed by atoms with Crippen molar-refractivity contribution >= 4 is 11.6 Å². The monoisotopic (exact) mass is 447 g/mol. The molecule has 5 aromatic rings. The van der Waals surface area contributed by atoms with Crippen molar-refractivity contribution in [3.63, 3.8) is 0 Å². The molecule has 0 fully saturated rings. The molecule has 0 atom stereocenters. The molecule has 7 heteroatoms. The van der Waals surface area contributed by atoms with Gasteiger partial charge in [-0.1, -0.05) is 18.2 Å². The number of amides is 1. The van der Waals surface area contributed by atoms with Crippen LogP contribution in [0.2, 0.25) is 0 Å². The van der Waals surface area contributed by atoms with Crippen molar-refractivity contribution in [2.45, 2.75) is 6.92 Å². The molecular formula is C27H21N5O2. The summed E-state index contributed by atoms with van der Waals surface area (Å²) in [7, 11) is 0. The molecule has 7 nitrogen and oxygen atoms in total. The maximum atomic E-state index is 13.3. The average molecular weight is 447 g/mol. The van der Waals surface area contributed by atoms with Gasteiger partial charge in [-0.05, 0) is 67.1 Å². The predicted molar refractivity (Wildman–Crippen MR) is 130 cm³/mol. The van der Waals surface area contributed by atoms with Gasteiger partial charge in [0.1, 0.15) is 17.2 Å². The Labute approximate surface area is 196 Å². The second kappa shape index (κ2) is 9.38. The molecular weight excluding hydrogens is 426 g/mol. The molecule has 0 aliphatic heterocycles. The first-order valence-corrected chi connectivity index (χ1v) is 10.7. The second-order valence-electron chi connectivity index (χ2n) is 7.64. The van der Waals surface area contributed by atoms with Crippen LogP contribution in [-0.4, -0.2) is 25.7 Å². The first-order valence-electron chi connectivity index (χ1n) is 10.7. The summed E-state index contributed by atoms with van der Waals surface area (Å²) in [5.74, 6) is 1.08. The number of carbonyl (C=O) groups excluding carboxylic acids is 1. The summed E-state index contributed by atoms with van der Waals surface area (Å²) < 4.78 is 7.59. The van der Waals surface area contributed by atoms with Crippen molar-refractivity contribution in [2.24, 2.45) is 0 Å². The molecule has 1 amide bonds. The number of hydrogen-bond donors (Lipinski definition) is 1. The van der Waals surface area contributed by atoms with E-state index in [4.69, 9.17) is 4.74 Å². The van der Waals surface area contributed by atoms with Gasteiger partial charge in [0.15, 0.2) is 0 Å². The number of benzene rings is 2. The Balaban J connectivity index is 1.43. The summed E-state index contributed by atoms with van der Waals surface area (Å²) in [4.78, 5) is 21.6. The van der Waals surface area contributed by atoms with Crippen LogP contribution in [0.5, 0.6) is 11.5 Å². The maximum Gasteiger partial charge on any atom is 0.259 e. The Bertz CT molecular complexity index is 1420. The zero-order chi connectivity index (χ0) is 23.3. The topological polar surface area (TPSA) is 81.9 Å². The lowest BCUT2D eigenvalue weighted by molar-refractivity contribution is 0.102. The molecule has 5 rings (SSSR count). The highest BCUT2D eigenvalue weighted by Gasteiger charge is 2.19. The minimum atomic E-state index is -0.263. The van der Waals surface area contributed by atoms with E-state index < -0.39 is 0 Å². The van der Waals surface area contributed by atoms with Gasteiger partial charge in [0, 0.05) is 36.0 Å². The number of carbonyl (C=O) groups is 1. The summed E-state index contributed by atoms with van der Waals surface area (Å²) in [6.07, 6.45) is 8.47. The number of aryl methyl sites for hydroxylation is 1. The number of nitrogens with zero attached hydrogens (tertiary/aromatic N) is 4. The number of nitrogens with one attached hydrogen (secondary N) is 1. The Morgan fingerprint density at radius 3 is 2.41 bits per heavy atom. The molecule has 0 spiro atoms. The van der Waals surface area contributed by atoms with Crippen LogP contribution in [0.15, 0.2) is 104 Å². The van der Waals surface area contributed by atoms with E-state index in [1.54, 1.807) is 35.7 Å². The molecule has 34 heavy (non-hydrogen) atoms. The summed E-state index contributed by atoms with van der Waals surface area (Å²) >= 11 is 0. The Hall–Kier alpha value is -4.78. The number of pyridine rings is 2. The SMILES string of the molecule is Cc1cc(NC(=O)c2cn(-c3ccccc3)nc2-c2cccnc2)ccc1Oc1cccnc1. The molecule has 166 valence electrons. The van der Waals surface area contributed by atoms with Gasteiger partial charge in [-0.2, -0.15) is 5.10 Å². The quantitative estimate of drug-likeness (QED) is 0.362. The van der Waals surface area contributed by atoms with Gasteiger partial charge in [-0.3, -0.25) is 14.8 Å². The lowest BCUT2D eigenvalue weighted by atomic mass is 10.1. The van der Waals surface area contributed by atoms with Crippen molar-refractivity contribution in [3.05, 3.63) is 115 Å². The molecule has 1 N–H and O–H groups in total. The number of rotatable bonds is 6. The zero-order valence-electron chi connectivity index (χ0n) is 18.4. The van der Waals surface area contributed by atoms with Crippen LogP contribution in [0.1, 0.15) is 15.9 Å². The van der Waals surface area contributed by atoms with Gasteiger partial charge < -0.3 is 10.1 Å². The fourth-order valence-corrected chi connectivity index (χ4v) is 3.54. The summed E-state index contributed by atoms with van der Waals surface area (Å²) in [6.45, 7) is 1.93. The van der Waals surface area contributed by atoms with Crippen LogP contribution in [-0.2, 0) is 0 Å². The van der Waals surface area contributed by atoms with Crippen LogP contribution in [0.4, 0.5) is 5.69 Å². The van der Waals surface area contributed by atoms with Gasteiger partial charge >= 0.3 is 0 Å². The van der Waals surface area contributed by atoms with E-state index in [1.165, 1.54) is 0 Å². The van der Waals surface area contributed by atoms with Gasteiger partial charge in [-0.15, -0.1) is 0 Å². The smallest absolute Gasteiger partial charge is 0.259 e. The van der Waals surface area contributed by atoms with Gasteiger partial charge in [0.2, 0.25) is 0 Å². The molecule has 2 aromatic carbocycles. The minimum Gasteiger partial charge on any atom is -0.455 e. The third-order valence-electron chi connectivity index (χ3n) is 5.21. The maximum absolute atomic E-state index is 13.3.